The first-order valence-corrected chi connectivity index (χ1v) is 8.71. The van der Waals surface area contributed by atoms with Crippen LogP contribution in [0.2, 0.25) is 0 Å². The highest BCUT2D eigenvalue weighted by molar-refractivity contribution is 5.73. The summed E-state index contributed by atoms with van der Waals surface area (Å²) in [5, 5.41) is 7.12. The molecule has 2 aliphatic heterocycles. The van der Waals surface area contributed by atoms with Crippen LogP contribution in [0.15, 0.2) is 24.3 Å². The molecule has 1 N–H and O–H groups in total. The van der Waals surface area contributed by atoms with Gasteiger partial charge in [-0.1, -0.05) is 18.2 Å². The highest BCUT2D eigenvalue weighted by atomic mass is 19.4. The predicted octanol–water partition coefficient (Wildman–Crippen LogP) is 2.14. The first-order valence-electron chi connectivity index (χ1n) is 8.71. The molecule has 2 saturated heterocycles. The number of nitrogens with zero attached hydrogens (tertiary/aromatic N) is 2. The summed E-state index contributed by atoms with van der Waals surface area (Å²) in [5.74, 6) is -2.49. The minimum absolute atomic E-state index is 0.104. The molecule has 2 heterocycles. The van der Waals surface area contributed by atoms with Crippen molar-refractivity contribution in [2.75, 3.05) is 32.8 Å². The molecule has 0 radical (unpaired) electrons. The molecule has 10 heteroatoms. The Labute approximate surface area is 159 Å². The highest BCUT2D eigenvalue weighted by Gasteiger charge is 2.38. The molecule has 0 unspecified atom stereocenters. The first-order chi connectivity index (χ1) is 13.1. The fourth-order valence-electron chi connectivity index (χ4n) is 3.26. The van der Waals surface area contributed by atoms with Crippen molar-refractivity contribution in [1.29, 1.82) is 0 Å². The molecular formula is C18H22F4N2O4. The fourth-order valence-corrected chi connectivity index (χ4v) is 3.26. The second-order valence-electron chi connectivity index (χ2n) is 6.72. The van der Waals surface area contributed by atoms with Gasteiger partial charge in [-0.15, -0.1) is 0 Å². The fraction of sp³-hybridized carbons (Fsp3) is 0.556. The third kappa shape index (κ3) is 6.16. The summed E-state index contributed by atoms with van der Waals surface area (Å²) in [7, 11) is 0. The molecule has 28 heavy (non-hydrogen) atoms. The Morgan fingerprint density at radius 1 is 1.21 bits per heavy atom. The number of benzene rings is 1. The van der Waals surface area contributed by atoms with Crippen LogP contribution in [0.4, 0.5) is 17.6 Å². The van der Waals surface area contributed by atoms with E-state index in [4.69, 9.17) is 14.6 Å². The molecule has 1 aromatic rings. The lowest BCUT2D eigenvalue weighted by Gasteiger charge is -2.22. The number of carboxylic acids is 1. The second kappa shape index (κ2) is 9.33. The standard InChI is InChI=1S/C16H21FN2O2.C2HF3O2/c1-12(20)19-6-7-21-16-11-18(9-14(16)10-19)8-13-4-2-3-5-15(13)17;3-2(4,5)1(6)7/h2-5,14,16H,6-11H2,1H3;(H,6,7)/t14-,16-;/m1./s1. The number of alkyl halides is 3. The first kappa shape index (κ1) is 22.1. The van der Waals surface area contributed by atoms with Gasteiger partial charge in [0.2, 0.25) is 5.91 Å². The molecule has 0 aromatic heterocycles. The Hall–Kier alpha value is -2.20. The Kier molecular flexibility index (Phi) is 7.36. The van der Waals surface area contributed by atoms with E-state index in [1.807, 2.05) is 17.0 Å². The van der Waals surface area contributed by atoms with Crippen LogP contribution in [-0.4, -0.2) is 71.8 Å². The largest absolute Gasteiger partial charge is 0.490 e. The van der Waals surface area contributed by atoms with Gasteiger partial charge in [0.15, 0.2) is 0 Å². The zero-order valence-corrected chi connectivity index (χ0v) is 15.3. The number of fused-ring (bicyclic) bond motifs is 1. The quantitative estimate of drug-likeness (QED) is 0.763. The van der Waals surface area contributed by atoms with Gasteiger partial charge in [0, 0.05) is 51.1 Å². The molecule has 6 nitrogen and oxygen atoms in total. The number of hydrogen-bond acceptors (Lipinski definition) is 4. The molecule has 0 spiro atoms. The van der Waals surface area contributed by atoms with Crippen molar-refractivity contribution in [2.24, 2.45) is 5.92 Å². The number of carboxylic acid groups (broad SMARTS) is 1. The third-order valence-corrected chi connectivity index (χ3v) is 4.64. The second-order valence-corrected chi connectivity index (χ2v) is 6.72. The van der Waals surface area contributed by atoms with E-state index in [-0.39, 0.29) is 17.8 Å². The predicted molar refractivity (Wildman–Crippen MR) is 90.9 cm³/mol. The van der Waals surface area contributed by atoms with Gasteiger partial charge >= 0.3 is 12.1 Å². The summed E-state index contributed by atoms with van der Waals surface area (Å²) in [6.07, 6.45) is -4.93. The van der Waals surface area contributed by atoms with Crippen LogP contribution in [0.1, 0.15) is 12.5 Å². The maximum atomic E-state index is 13.7. The van der Waals surface area contributed by atoms with Crippen LogP contribution in [0.5, 0.6) is 0 Å². The number of carbonyl (C=O) groups is 2. The Morgan fingerprint density at radius 3 is 2.43 bits per heavy atom. The average molecular weight is 406 g/mol. The van der Waals surface area contributed by atoms with Gasteiger partial charge in [0.25, 0.3) is 0 Å². The van der Waals surface area contributed by atoms with E-state index >= 15 is 0 Å². The molecule has 1 amide bonds. The summed E-state index contributed by atoms with van der Waals surface area (Å²) in [4.78, 5) is 24.5. The number of halogens is 4. The van der Waals surface area contributed by atoms with Crippen LogP contribution in [0.25, 0.3) is 0 Å². The van der Waals surface area contributed by atoms with Gasteiger partial charge in [-0.2, -0.15) is 13.2 Å². The molecule has 0 bridgehead atoms. The van der Waals surface area contributed by atoms with Gasteiger partial charge in [-0.05, 0) is 6.07 Å². The number of likely N-dealkylation sites (tertiary alicyclic amines) is 1. The average Bonchev–Trinajstić information content (AvgIpc) is 2.86. The van der Waals surface area contributed by atoms with Crippen LogP contribution in [0.3, 0.4) is 0 Å². The maximum Gasteiger partial charge on any atom is 0.490 e. The van der Waals surface area contributed by atoms with Crippen molar-refractivity contribution in [3.63, 3.8) is 0 Å². The molecular weight excluding hydrogens is 384 g/mol. The topological polar surface area (TPSA) is 70.1 Å². The van der Waals surface area contributed by atoms with Crippen molar-refractivity contribution in [1.82, 2.24) is 9.80 Å². The van der Waals surface area contributed by atoms with Gasteiger partial charge in [0.1, 0.15) is 5.82 Å². The SMILES string of the molecule is CC(=O)N1CCO[C@@H]2CN(Cc3ccccc3F)C[C@@H]2C1.O=C(O)C(F)(F)F. The zero-order chi connectivity index (χ0) is 20.9. The maximum absolute atomic E-state index is 13.7. The monoisotopic (exact) mass is 406 g/mol. The van der Waals surface area contributed by atoms with E-state index in [0.717, 1.165) is 25.2 Å². The number of rotatable bonds is 2. The molecule has 2 atom stereocenters. The lowest BCUT2D eigenvalue weighted by molar-refractivity contribution is -0.192. The lowest BCUT2D eigenvalue weighted by Crippen LogP contribution is -2.35. The van der Waals surface area contributed by atoms with E-state index in [9.17, 15) is 22.4 Å². The molecule has 156 valence electrons. The van der Waals surface area contributed by atoms with Crippen LogP contribution < -0.4 is 0 Å². The van der Waals surface area contributed by atoms with Crippen molar-refractivity contribution in [3.05, 3.63) is 35.6 Å². The highest BCUT2D eigenvalue weighted by Crippen LogP contribution is 2.25. The van der Waals surface area contributed by atoms with Crippen LogP contribution in [-0.2, 0) is 20.9 Å². The minimum Gasteiger partial charge on any atom is -0.475 e. The van der Waals surface area contributed by atoms with E-state index in [1.54, 1.807) is 13.0 Å². The normalized spacial score (nSPS) is 22.7. The van der Waals surface area contributed by atoms with Crippen LogP contribution >= 0.6 is 0 Å². The molecule has 2 aliphatic rings. The van der Waals surface area contributed by atoms with Gasteiger partial charge < -0.3 is 14.7 Å². The van der Waals surface area contributed by atoms with Crippen molar-refractivity contribution in [3.8, 4) is 0 Å². The number of ether oxygens (including phenoxy) is 1. The molecule has 2 fully saturated rings. The van der Waals surface area contributed by atoms with Crippen molar-refractivity contribution in [2.45, 2.75) is 25.7 Å². The van der Waals surface area contributed by atoms with E-state index in [2.05, 4.69) is 4.90 Å². The van der Waals surface area contributed by atoms with E-state index in [1.165, 1.54) is 6.07 Å². The lowest BCUT2D eigenvalue weighted by atomic mass is 10.1. The Morgan fingerprint density at radius 2 is 1.86 bits per heavy atom. The molecule has 3 rings (SSSR count). The van der Waals surface area contributed by atoms with Crippen molar-refractivity contribution < 1.29 is 37.0 Å². The summed E-state index contributed by atoms with van der Waals surface area (Å²) >= 11 is 0. The Bertz CT molecular complexity index is 698. The number of aliphatic carboxylic acids is 1. The molecule has 0 saturated carbocycles. The summed E-state index contributed by atoms with van der Waals surface area (Å²) in [6, 6.07) is 6.89. The number of hydrogen-bond donors (Lipinski definition) is 1. The van der Waals surface area contributed by atoms with Crippen LogP contribution in [0, 0.1) is 11.7 Å². The summed E-state index contributed by atoms with van der Waals surface area (Å²) in [6.45, 7) is 5.88. The third-order valence-electron chi connectivity index (χ3n) is 4.64. The van der Waals surface area contributed by atoms with E-state index < -0.39 is 12.1 Å². The molecule has 1 aromatic carbocycles. The summed E-state index contributed by atoms with van der Waals surface area (Å²) in [5.41, 5.74) is 0.720. The van der Waals surface area contributed by atoms with Crippen molar-refractivity contribution >= 4 is 11.9 Å². The Balaban J connectivity index is 0.000000345. The smallest absolute Gasteiger partial charge is 0.475 e. The molecule has 0 aliphatic carbocycles. The number of carbonyl (C=O) groups excluding carboxylic acids is 1. The van der Waals surface area contributed by atoms with E-state index in [0.29, 0.717) is 25.6 Å². The zero-order valence-electron chi connectivity index (χ0n) is 15.3. The number of amides is 1. The van der Waals surface area contributed by atoms with Gasteiger partial charge in [-0.3, -0.25) is 9.69 Å². The summed E-state index contributed by atoms with van der Waals surface area (Å²) < 4.78 is 51.3. The minimum atomic E-state index is -5.08. The van der Waals surface area contributed by atoms with Gasteiger partial charge in [0.05, 0.1) is 12.7 Å². The van der Waals surface area contributed by atoms with Gasteiger partial charge in [-0.25, -0.2) is 9.18 Å².